The molecule has 11 rings (SSSR count). The van der Waals surface area contributed by atoms with Crippen LogP contribution < -0.4 is 0 Å². The molecule has 0 unspecified atom stereocenters. The summed E-state index contributed by atoms with van der Waals surface area (Å²) < 4.78 is 0. The normalized spacial score (nSPS) is 14.7. The molecule has 3 heterocycles. The van der Waals surface area contributed by atoms with Crippen molar-refractivity contribution in [1.29, 1.82) is 0 Å². The molecule has 2 aliphatic carbocycles. The number of aromatic nitrogens is 4. The van der Waals surface area contributed by atoms with Crippen LogP contribution in [0.1, 0.15) is 43.2 Å². The molecular weight excluding hydrogens is 633 g/mol. The first-order chi connectivity index (χ1) is 25.7. The van der Waals surface area contributed by atoms with Crippen molar-refractivity contribution in [2.24, 2.45) is 0 Å². The van der Waals surface area contributed by atoms with Crippen molar-refractivity contribution in [2.45, 2.75) is 37.5 Å². The average molecular weight is 667 g/mol. The van der Waals surface area contributed by atoms with Gasteiger partial charge in [-0.1, -0.05) is 135 Å². The van der Waals surface area contributed by atoms with E-state index < -0.39 is 0 Å². The number of pyridine rings is 2. The third-order valence-electron chi connectivity index (χ3n) is 11.7. The van der Waals surface area contributed by atoms with Gasteiger partial charge in [-0.15, -0.1) is 0 Å². The lowest BCUT2D eigenvalue weighted by Gasteiger charge is -2.35. The molecule has 0 amide bonds. The van der Waals surface area contributed by atoms with Crippen LogP contribution in [0.4, 0.5) is 0 Å². The Kier molecular flexibility index (Phi) is 6.45. The Balaban J connectivity index is 1.03. The minimum atomic E-state index is -0.0285. The fraction of sp³-hybridized carbons (Fsp3) is 0.125. The first-order valence-corrected chi connectivity index (χ1v) is 18.4. The van der Waals surface area contributed by atoms with Gasteiger partial charge in [0.2, 0.25) is 0 Å². The molecule has 0 N–H and O–H groups in total. The van der Waals surface area contributed by atoms with Gasteiger partial charge in [0.1, 0.15) is 0 Å². The standard InChI is InChI=1S/C48H34N4/c1-3-9-35(10-4-1)47-51-41(28-42(52-47)36-27-40-46(50-29-36)45-39(13-8-26-49-45)48(40)24-5-2-6-25-48)31-16-14-30(15-17-31)37-22-20-34-19-18-32-11-7-12-33-21-23-38(37)44(34)43(32)33/h1,3-4,7-23,26-29H,2,5-6,24-25H2. The minimum absolute atomic E-state index is 0.0285. The number of hydrogen-bond acceptors (Lipinski definition) is 4. The molecule has 0 aliphatic heterocycles. The van der Waals surface area contributed by atoms with Crippen molar-refractivity contribution in [3.05, 3.63) is 157 Å². The molecule has 2 aliphatic rings. The number of fused-ring (bicyclic) bond motifs is 5. The van der Waals surface area contributed by atoms with Gasteiger partial charge in [0, 0.05) is 34.5 Å². The van der Waals surface area contributed by atoms with E-state index in [1.807, 2.05) is 30.6 Å². The van der Waals surface area contributed by atoms with Crippen LogP contribution in [-0.2, 0) is 5.41 Å². The molecule has 0 radical (unpaired) electrons. The van der Waals surface area contributed by atoms with Crippen molar-refractivity contribution in [1.82, 2.24) is 19.9 Å². The van der Waals surface area contributed by atoms with Crippen molar-refractivity contribution < 1.29 is 0 Å². The molecule has 6 aromatic carbocycles. The largest absolute Gasteiger partial charge is 0.254 e. The molecule has 1 fully saturated rings. The van der Waals surface area contributed by atoms with Gasteiger partial charge in [-0.3, -0.25) is 9.97 Å². The van der Waals surface area contributed by atoms with Crippen molar-refractivity contribution in [3.8, 4) is 56.4 Å². The summed E-state index contributed by atoms with van der Waals surface area (Å²) in [6, 6.07) is 48.1. The Bertz CT molecular complexity index is 2800. The third-order valence-corrected chi connectivity index (χ3v) is 11.7. The first kappa shape index (κ1) is 29.5. The van der Waals surface area contributed by atoms with Gasteiger partial charge in [-0.05, 0) is 85.6 Å². The zero-order chi connectivity index (χ0) is 34.2. The zero-order valence-electron chi connectivity index (χ0n) is 28.7. The van der Waals surface area contributed by atoms with Crippen molar-refractivity contribution in [3.63, 3.8) is 0 Å². The molecule has 1 saturated carbocycles. The Morgan fingerprint density at radius 2 is 1.15 bits per heavy atom. The van der Waals surface area contributed by atoms with Crippen molar-refractivity contribution in [2.75, 3.05) is 0 Å². The summed E-state index contributed by atoms with van der Waals surface area (Å²) in [5, 5.41) is 7.80. The Labute approximate surface area is 302 Å². The fourth-order valence-corrected chi connectivity index (χ4v) is 9.24. The van der Waals surface area contributed by atoms with E-state index in [0.29, 0.717) is 5.82 Å². The Morgan fingerprint density at radius 1 is 0.462 bits per heavy atom. The predicted molar refractivity (Wildman–Crippen MR) is 212 cm³/mol. The maximum atomic E-state index is 5.18. The van der Waals surface area contributed by atoms with Crippen molar-refractivity contribution >= 4 is 32.3 Å². The Morgan fingerprint density at radius 3 is 1.96 bits per heavy atom. The highest BCUT2D eigenvalue weighted by Crippen LogP contribution is 2.55. The van der Waals surface area contributed by atoms with E-state index >= 15 is 0 Å². The molecule has 246 valence electrons. The molecule has 1 spiro atoms. The lowest BCUT2D eigenvalue weighted by atomic mass is 9.68. The van der Waals surface area contributed by atoms with Crippen LogP contribution in [0, 0.1) is 0 Å². The summed E-state index contributed by atoms with van der Waals surface area (Å²) in [4.78, 5) is 20.3. The quantitative estimate of drug-likeness (QED) is 0.175. The fourth-order valence-electron chi connectivity index (χ4n) is 9.24. The summed E-state index contributed by atoms with van der Waals surface area (Å²) >= 11 is 0. The zero-order valence-corrected chi connectivity index (χ0v) is 28.7. The van der Waals surface area contributed by atoms with Crippen LogP contribution in [0.15, 0.2) is 146 Å². The predicted octanol–water partition coefficient (Wildman–Crippen LogP) is 12.1. The van der Waals surface area contributed by atoms with E-state index in [4.69, 9.17) is 19.9 Å². The van der Waals surface area contributed by atoms with Gasteiger partial charge in [0.15, 0.2) is 5.82 Å². The summed E-state index contributed by atoms with van der Waals surface area (Å²) in [6.45, 7) is 0. The topological polar surface area (TPSA) is 51.6 Å². The number of nitrogens with zero attached hydrogens (tertiary/aromatic N) is 4. The molecule has 3 aromatic heterocycles. The second-order valence-corrected chi connectivity index (χ2v) is 14.5. The second kappa shape index (κ2) is 11.4. The third kappa shape index (κ3) is 4.40. The summed E-state index contributed by atoms with van der Waals surface area (Å²) in [7, 11) is 0. The molecular formula is C48H34N4. The molecule has 0 bridgehead atoms. The summed E-state index contributed by atoms with van der Waals surface area (Å²) in [6.07, 6.45) is 9.87. The molecule has 0 atom stereocenters. The highest BCUT2D eigenvalue weighted by atomic mass is 14.9. The molecule has 4 heteroatoms. The van der Waals surface area contributed by atoms with Gasteiger partial charge in [0.05, 0.1) is 22.8 Å². The molecule has 0 saturated heterocycles. The highest BCUT2D eigenvalue weighted by Gasteiger charge is 2.45. The van der Waals surface area contributed by atoms with Crippen LogP contribution >= 0.6 is 0 Å². The number of benzene rings is 6. The van der Waals surface area contributed by atoms with Crippen LogP contribution in [0.2, 0.25) is 0 Å². The number of rotatable bonds is 4. The minimum Gasteiger partial charge on any atom is -0.254 e. The SMILES string of the molecule is c1ccc(-c2nc(-c3ccc(-c4ccc5ccc6cccc7ccc4c5c67)cc3)cc(-c3cnc4c(c3)C3(CCCCC3)c3cccnc3-4)n2)cc1. The van der Waals surface area contributed by atoms with Gasteiger partial charge in [-0.25, -0.2) is 9.97 Å². The maximum Gasteiger partial charge on any atom is 0.160 e. The van der Waals surface area contributed by atoms with E-state index in [9.17, 15) is 0 Å². The molecule has 52 heavy (non-hydrogen) atoms. The Hall–Kier alpha value is -6.26. The lowest BCUT2D eigenvalue weighted by Crippen LogP contribution is -2.28. The van der Waals surface area contributed by atoms with E-state index in [2.05, 4.69) is 115 Å². The van der Waals surface area contributed by atoms with Gasteiger partial charge >= 0.3 is 0 Å². The first-order valence-electron chi connectivity index (χ1n) is 18.4. The van der Waals surface area contributed by atoms with E-state index in [1.54, 1.807) is 0 Å². The van der Waals surface area contributed by atoms with Crippen LogP contribution in [0.25, 0.3) is 88.7 Å². The summed E-state index contributed by atoms with van der Waals surface area (Å²) in [5.74, 6) is 0.710. The van der Waals surface area contributed by atoms with Crippen LogP contribution in [0.3, 0.4) is 0 Å². The van der Waals surface area contributed by atoms with Gasteiger partial charge in [0.25, 0.3) is 0 Å². The molecule has 4 nitrogen and oxygen atoms in total. The highest BCUT2D eigenvalue weighted by molar-refractivity contribution is 6.25. The van der Waals surface area contributed by atoms with Crippen LogP contribution in [0.5, 0.6) is 0 Å². The van der Waals surface area contributed by atoms with Crippen LogP contribution in [-0.4, -0.2) is 19.9 Å². The van der Waals surface area contributed by atoms with Gasteiger partial charge in [-0.2, -0.15) is 0 Å². The van der Waals surface area contributed by atoms with E-state index in [0.717, 1.165) is 52.3 Å². The monoisotopic (exact) mass is 666 g/mol. The van der Waals surface area contributed by atoms with Gasteiger partial charge < -0.3 is 0 Å². The average Bonchev–Trinajstić information content (AvgIpc) is 3.48. The van der Waals surface area contributed by atoms with E-state index in [-0.39, 0.29) is 5.41 Å². The lowest BCUT2D eigenvalue weighted by molar-refractivity contribution is 0.352. The smallest absolute Gasteiger partial charge is 0.160 e. The molecule has 9 aromatic rings. The second-order valence-electron chi connectivity index (χ2n) is 14.5. The summed E-state index contributed by atoms with van der Waals surface area (Å²) in [5.41, 5.74) is 11.9. The number of hydrogen-bond donors (Lipinski definition) is 0. The van der Waals surface area contributed by atoms with E-state index in [1.165, 1.54) is 73.8 Å². The maximum absolute atomic E-state index is 5.18.